The average Bonchev–Trinajstić information content (AvgIpc) is 3.65. The SMILES string of the molecule is CS(=O)(=O)N1CCN(C(=O)C(CCCNC2CC2c2ccc(F)cc2)NC(=O)c2ccc(F)cc2)CC1. The van der Waals surface area contributed by atoms with Crippen LogP contribution in [-0.2, 0) is 14.8 Å². The van der Waals surface area contributed by atoms with E-state index >= 15 is 0 Å². The Morgan fingerprint density at radius 2 is 1.57 bits per heavy atom. The van der Waals surface area contributed by atoms with Gasteiger partial charge in [-0.2, -0.15) is 4.31 Å². The molecule has 0 radical (unpaired) electrons. The molecular weight excluding hydrogens is 502 g/mol. The van der Waals surface area contributed by atoms with Gasteiger partial charge in [-0.3, -0.25) is 9.59 Å². The highest BCUT2D eigenvalue weighted by Gasteiger charge is 2.38. The first kappa shape index (κ1) is 27.2. The lowest BCUT2D eigenvalue weighted by molar-refractivity contribution is -0.134. The van der Waals surface area contributed by atoms with Gasteiger partial charge in [0.2, 0.25) is 15.9 Å². The van der Waals surface area contributed by atoms with Crippen LogP contribution in [0.5, 0.6) is 0 Å². The topological polar surface area (TPSA) is 98.8 Å². The zero-order valence-electron chi connectivity index (χ0n) is 20.7. The van der Waals surface area contributed by atoms with Crippen LogP contribution in [0.4, 0.5) is 8.78 Å². The van der Waals surface area contributed by atoms with E-state index in [1.54, 1.807) is 17.0 Å². The molecule has 1 aliphatic heterocycles. The molecule has 1 aliphatic carbocycles. The highest BCUT2D eigenvalue weighted by molar-refractivity contribution is 7.88. The number of sulfonamides is 1. The van der Waals surface area contributed by atoms with Crippen LogP contribution in [0.2, 0.25) is 0 Å². The predicted molar refractivity (Wildman–Crippen MR) is 135 cm³/mol. The molecule has 37 heavy (non-hydrogen) atoms. The van der Waals surface area contributed by atoms with E-state index in [0.717, 1.165) is 18.2 Å². The Morgan fingerprint density at radius 1 is 0.973 bits per heavy atom. The van der Waals surface area contributed by atoms with E-state index in [4.69, 9.17) is 0 Å². The first-order valence-electron chi connectivity index (χ1n) is 12.4. The van der Waals surface area contributed by atoms with Gasteiger partial charge in [-0.05, 0) is 67.8 Å². The van der Waals surface area contributed by atoms with Crippen molar-refractivity contribution >= 4 is 21.8 Å². The van der Waals surface area contributed by atoms with Crippen molar-refractivity contribution in [1.82, 2.24) is 19.8 Å². The number of hydrogen-bond donors (Lipinski definition) is 2. The van der Waals surface area contributed by atoms with Crippen LogP contribution in [0.1, 0.15) is 41.1 Å². The normalized spacial score (nSPS) is 20.9. The summed E-state index contributed by atoms with van der Waals surface area (Å²) in [7, 11) is -3.33. The average molecular weight is 535 g/mol. The minimum Gasteiger partial charge on any atom is -0.340 e. The third-order valence-electron chi connectivity index (χ3n) is 6.89. The van der Waals surface area contributed by atoms with Crippen molar-refractivity contribution in [2.45, 2.75) is 37.3 Å². The Hall–Kier alpha value is -2.89. The Morgan fingerprint density at radius 3 is 2.16 bits per heavy atom. The highest BCUT2D eigenvalue weighted by atomic mass is 32.2. The summed E-state index contributed by atoms with van der Waals surface area (Å²) < 4.78 is 51.4. The van der Waals surface area contributed by atoms with Gasteiger partial charge < -0.3 is 15.5 Å². The Labute approximate surface area is 216 Å². The van der Waals surface area contributed by atoms with Crippen molar-refractivity contribution in [3.05, 3.63) is 71.3 Å². The van der Waals surface area contributed by atoms with Crippen molar-refractivity contribution in [2.75, 3.05) is 39.0 Å². The van der Waals surface area contributed by atoms with Crippen molar-refractivity contribution < 1.29 is 26.8 Å². The maximum Gasteiger partial charge on any atom is 0.251 e. The molecule has 3 unspecified atom stereocenters. The molecule has 1 saturated carbocycles. The minimum atomic E-state index is -3.33. The second-order valence-electron chi connectivity index (χ2n) is 9.62. The van der Waals surface area contributed by atoms with Crippen molar-refractivity contribution in [1.29, 1.82) is 0 Å². The van der Waals surface area contributed by atoms with Crippen LogP contribution in [0, 0.1) is 11.6 Å². The quantitative estimate of drug-likeness (QED) is 0.455. The van der Waals surface area contributed by atoms with E-state index in [-0.39, 0.29) is 49.5 Å². The van der Waals surface area contributed by atoms with Gasteiger partial charge in [0, 0.05) is 43.7 Å². The van der Waals surface area contributed by atoms with Crippen LogP contribution < -0.4 is 10.6 Å². The molecule has 4 rings (SSSR count). The third-order valence-corrected chi connectivity index (χ3v) is 8.20. The van der Waals surface area contributed by atoms with Crippen molar-refractivity contribution in [2.24, 2.45) is 0 Å². The molecule has 2 aliphatic rings. The van der Waals surface area contributed by atoms with Crippen LogP contribution in [-0.4, -0.2) is 80.5 Å². The zero-order valence-corrected chi connectivity index (χ0v) is 21.5. The number of hydrogen-bond acceptors (Lipinski definition) is 5. The molecule has 2 fully saturated rings. The Balaban J connectivity index is 1.32. The number of nitrogens with zero attached hydrogens (tertiary/aromatic N) is 2. The lowest BCUT2D eigenvalue weighted by Gasteiger charge is -2.35. The minimum absolute atomic E-state index is 0.206. The summed E-state index contributed by atoms with van der Waals surface area (Å²) in [4.78, 5) is 27.7. The predicted octanol–water partition coefficient (Wildman–Crippen LogP) is 2.09. The first-order chi connectivity index (χ1) is 17.6. The number of rotatable bonds is 10. The van der Waals surface area contributed by atoms with Gasteiger partial charge in [0.25, 0.3) is 5.91 Å². The number of amides is 2. The van der Waals surface area contributed by atoms with Crippen molar-refractivity contribution in [3.8, 4) is 0 Å². The van der Waals surface area contributed by atoms with E-state index in [1.807, 2.05) is 0 Å². The standard InChI is InChI=1S/C26H32F2N4O4S/c1-37(35,36)32-15-13-31(14-16-32)26(34)23(30-25(33)19-6-10-21(28)11-7-19)3-2-12-29-24-17-22(24)18-4-8-20(27)9-5-18/h4-11,22-24,29H,2-3,12-17H2,1H3,(H,30,33). The van der Waals surface area contributed by atoms with Gasteiger partial charge in [-0.15, -0.1) is 0 Å². The molecular formula is C26H32F2N4O4S. The fourth-order valence-electron chi connectivity index (χ4n) is 4.65. The number of halogens is 2. The van der Waals surface area contributed by atoms with Gasteiger partial charge in [0.1, 0.15) is 17.7 Å². The lowest BCUT2D eigenvalue weighted by atomic mass is 10.1. The number of benzene rings is 2. The number of carbonyl (C=O) groups is 2. The summed E-state index contributed by atoms with van der Waals surface area (Å²) in [6, 6.07) is 11.1. The molecule has 2 aromatic carbocycles. The molecule has 1 heterocycles. The van der Waals surface area contributed by atoms with Crippen LogP contribution in [0.25, 0.3) is 0 Å². The van der Waals surface area contributed by atoms with Gasteiger partial charge in [-0.25, -0.2) is 17.2 Å². The fourth-order valence-corrected chi connectivity index (χ4v) is 5.48. The summed E-state index contributed by atoms with van der Waals surface area (Å²) in [6.07, 6.45) is 3.11. The van der Waals surface area contributed by atoms with E-state index < -0.39 is 27.8 Å². The third kappa shape index (κ3) is 7.33. The number of piperazine rings is 1. The van der Waals surface area contributed by atoms with Gasteiger partial charge in [0.15, 0.2) is 0 Å². The molecule has 2 aromatic rings. The molecule has 2 amide bonds. The van der Waals surface area contributed by atoms with Crippen LogP contribution in [0.15, 0.2) is 48.5 Å². The molecule has 1 saturated heterocycles. The van der Waals surface area contributed by atoms with Gasteiger partial charge >= 0.3 is 0 Å². The van der Waals surface area contributed by atoms with Crippen LogP contribution >= 0.6 is 0 Å². The van der Waals surface area contributed by atoms with E-state index in [1.165, 1.54) is 40.7 Å². The lowest BCUT2D eigenvalue weighted by Crippen LogP contribution is -2.55. The largest absolute Gasteiger partial charge is 0.340 e. The summed E-state index contributed by atoms with van der Waals surface area (Å²) in [6.45, 7) is 1.54. The monoisotopic (exact) mass is 534 g/mol. The summed E-state index contributed by atoms with van der Waals surface area (Å²) in [5.74, 6) is -1.12. The van der Waals surface area contributed by atoms with E-state index in [0.29, 0.717) is 25.3 Å². The summed E-state index contributed by atoms with van der Waals surface area (Å²) in [5, 5.41) is 6.25. The summed E-state index contributed by atoms with van der Waals surface area (Å²) >= 11 is 0. The molecule has 200 valence electrons. The molecule has 8 nitrogen and oxygen atoms in total. The van der Waals surface area contributed by atoms with E-state index in [2.05, 4.69) is 10.6 Å². The maximum absolute atomic E-state index is 13.3. The molecule has 0 spiro atoms. The van der Waals surface area contributed by atoms with E-state index in [9.17, 15) is 26.8 Å². The first-order valence-corrected chi connectivity index (χ1v) is 14.3. The zero-order chi connectivity index (χ0) is 26.6. The number of nitrogens with one attached hydrogen (secondary N) is 2. The fraction of sp³-hybridized carbons (Fsp3) is 0.462. The Bertz CT molecular complexity index is 1200. The molecule has 11 heteroatoms. The second kappa shape index (κ2) is 11.7. The summed E-state index contributed by atoms with van der Waals surface area (Å²) in [5.41, 5.74) is 1.34. The van der Waals surface area contributed by atoms with Gasteiger partial charge in [0.05, 0.1) is 6.26 Å². The maximum atomic E-state index is 13.3. The van der Waals surface area contributed by atoms with Crippen LogP contribution in [0.3, 0.4) is 0 Å². The number of carbonyl (C=O) groups excluding carboxylic acids is 2. The Kier molecular flexibility index (Phi) is 8.56. The molecule has 0 bridgehead atoms. The highest BCUT2D eigenvalue weighted by Crippen LogP contribution is 2.40. The van der Waals surface area contributed by atoms with Crippen molar-refractivity contribution in [3.63, 3.8) is 0 Å². The molecule has 2 N–H and O–H groups in total. The molecule has 0 aromatic heterocycles. The smallest absolute Gasteiger partial charge is 0.251 e. The van der Waals surface area contributed by atoms with Gasteiger partial charge in [-0.1, -0.05) is 12.1 Å². The molecule has 3 atom stereocenters. The second-order valence-corrected chi connectivity index (χ2v) is 11.6.